The van der Waals surface area contributed by atoms with E-state index >= 15 is 0 Å². The second kappa shape index (κ2) is 16.1. The van der Waals surface area contributed by atoms with Crippen molar-refractivity contribution in [2.24, 2.45) is 0 Å². The molecule has 0 unspecified atom stereocenters. The summed E-state index contributed by atoms with van der Waals surface area (Å²) < 4.78 is 9.74. The summed E-state index contributed by atoms with van der Waals surface area (Å²) in [6, 6.07) is 52.2. The SMILES string of the molecule is O=C1C(=Cc2ccc(N3c4ccccc4[Se]c4ccccc43)[se]2)C(=O)c2ccccc21.O=C1C(=Cc2ccc(N3c4ccccc4[Se]c4cccnc43)[se]2)C(=O)c2ccccc21. The van der Waals surface area contributed by atoms with Gasteiger partial charge < -0.3 is 0 Å². The average Bonchev–Trinajstić information content (AvgIpc) is 4.09. The first-order valence-electron chi connectivity index (χ1n) is 19.6. The second-order valence-corrected chi connectivity index (χ2v) is 23.6. The third-order valence-electron chi connectivity index (χ3n) is 10.8. The number of benzene rings is 5. The summed E-state index contributed by atoms with van der Waals surface area (Å²) in [5.41, 5.74) is 6.22. The Morgan fingerprint density at radius 1 is 0.387 bits per heavy atom. The van der Waals surface area contributed by atoms with Gasteiger partial charge >= 0.3 is 384 Å². The number of carbonyl (C=O) groups excluding carboxylic acids is 4. The topological polar surface area (TPSA) is 87.7 Å². The summed E-state index contributed by atoms with van der Waals surface area (Å²) in [5, 5.41) is 0. The predicted molar refractivity (Wildman–Crippen MR) is 250 cm³/mol. The van der Waals surface area contributed by atoms with E-state index in [0.717, 1.165) is 19.3 Å². The molecule has 0 saturated carbocycles. The number of rotatable bonds is 4. The minimum absolute atomic E-state index is 0.00705. The number of hydrogen-bond acceptors (Lipinski definition) is 7. The van der Waals surface area contributed by atoms with Crippen LogP contribution < -0.4 is 27.6 Å². The molecule has 62 heavy (non-hydrogen) atoms. The maximum atomic E-state index is 12.8. The number of pyridine rings is 1. The van der Waals surface area contributed by atoms with Gasteiger partial charge in [0, 0.05) is 0 Å². The van der Waals surface area contributed by atoms with Crippen molar-refractivity contribution in [2.45, 2.75) is 0 Å². The van der Waals surface area contributed by atoms with Crippen molar-refractivity contribution in [3.8, 4) is 0 Å². The van der Waals surface area contributed by atoms with E-state index in [1.165, 1.54) is 39.5 Å². The van der Waals surface area contributed by atoms with Crippen molar-refractivity contribution < 1.29 is 19.2 Å². The first-order valence-corrected chi connectivity index (χ1v) is 26.4. The molecule has 0 bridgehead atoms. The molecule has 8 aromatic rings. The maximum absolute atomic E-state index is 12.8. The van der Waals surface area contributed by atoms with E-state index in [-0.39, 0.29) is 93.2 Å². The Bertz CT molecular complexity index is 2890. The number of nitrogens with zero attached hydrogens (tertiary/aromatic N) is 3. The van der Waals surface area contributed by atoms with Crippen molar-refractivity contribution in [3.63, 3.8) is 0 Å². The monoisotopic (exact) mass is 1070 g/mol. The molecule has 0 radical (unpaired) electrons. The van der Waals surface area contributed by atoms with Gasteiger partial charge in [-0.2, -0.15) is 0 Å². The molecule has 0 spiro atoms. The van der Waals surface area contributed by atoms with Crippen LogP contribution in [0, 0.1) is 0 Å². The van der Waals surface area contributed by atoms with Gasteiger partial charge in [-0.25, -0.2) is 0 Å². The predicted octanol–water partition coefficient (Wildman–Crippen LogP) is 6.68. The zero-order valence-electron chi connectivity index (χ0n) is 32.4. The van der Waals surface area contributed by atoms with Crippen molar-refractivity contribution in [2.75, 3.05) is 9.80 Å². The Labute approximate surface area is 381 Å². The van der Waals surface area contributed by atoms with Crippen LogP contribution in [0.2, 0.25) is 0 Å². The first kappa shape index (κ1) is 38.9. The number of para-hydroxylation sites is 3. The number of fused-ring (bicyclic) bond motifs is 6. The Kier molecular flexibility index (Phi) is 10.1. The molecular weight excluding hydrogens is 1030 g/mol. The van der Waals surface area contributed by atoms with Crippen LogP contribution in [0.15, 0.2) is 175 Å². The molecule has 11 heteroatoms. The Morgan fingerprint density at radius 2 is 0.758 bits per heavy atom. The van der Waals surface area contributed by atoms with E-state index in [0.29, 0.717) is 22.3 Å². The number of allylic oxidation sites excluding steroid dienone is 2. The van der Waals surface area contributed by atoms with Gasteiger partial charge in [-0.3, -0.25) is 0 Å². The van der Waals surface area contributed by atoms with Crippen LogP contribution in [0.25, 0.3) is 12.2 Å². The van der Waals surface area contributed by atoms with Gasteiger partial charge in [0.05, 0.1) is 0 Å². The molecule has 5 heterocycles. The minimum atomic E-state index is -0.177. The number of Topliss-reactive ketones (excluding diaryl/α,β-unsaturated/α-hetero) is 4. The fourth-order valence-electron chi connectivity index (χ4n) is 7.93. The van der Waals surface area contributed by atoms with E-state index < -0.39 is 0 Å². The molecule has 2 aliphatic heterocycles. The Morgan fingerprint density at radius 3 is 1.23 bits per heavy atom. The molecule has 0 N–H and O–H groups in total. The summed E-state index contributed by atoms with van der Waals surface area (Å²) >= 11 is 0.444. The zero-order chi connectivity index (χ0) is 41.9. The molecule has 2 aliphatic carbocycles. The van der Waals surface area contributed by atoms with Crippen molar-refractivity contribution in [3.05, 3.63) is 206 Å². The normalized spacial score (nSPS) is 14.3. The fraction of sp³-hybridized carbons (Fsp3) is 0. The molecule has 0 atom stereocenters. The number of carbonyl (C=O) groups is 4. The van der Waals surface area contributed by atoms with Crippen LogP contribution in [-0.2, 0) is 0 Å². The molecular formula is C51H29N3O4Se4. The standard InChI is InChI=1S/C26H15NO2Se2.C25H14N2O2Se2/c28-25-17-7-1-2-8-18(17)26(29)19(25)15-16-13-14-24(30-16)27-20-9-3-5-11-22(20)31-23-12-6-4-10-21(23)27;28-23-16-6-1-2-7-17(16)24(29)18(23)14-15-11-12-22(30-15)27-19-8-3-4-9-20(19)31-21-10-5-13-26-25(21)27/h1-15H;1-14H. The van der Waals surface area contributed by atoms with Gasteiger partial charge in [-0.1, -0.05) is 0 Å². The van der Waals surface area contributed by atoms with Crippen molar-refractivity contribution >= 4 is 144 Å². The molecule has 0 amide bonds. The third-order valence-corrected chi connectivity index (χ3v) is 19.7. The summed E-state index contributed by atoms with van der Waals surface area (Å²) in [6.45, 7) is 0. The van der Waals surface area contributed by atoms with Gasteiger partial charge in [0.1, 0.15) is 0 Å². The molecule has 296 valence electrons. The van der Waals surface area contributed by atoms with E-state index in [1.807, 2.05) is 18.3 Å². The van der Waals surface area contributed by atoms with Gasteiger partial charge in [-0.05, 0) is 0 Å². The van der Waals surface area contributed by atoms with Gasteiger partial charge in [-0.15, -0.1) is 0 Å². The van der Waals surface area contributed by atoms with E-state index in [9.17, 15) is 19.2 Å². The summed E-state index contributed by atoms with van der Waals surface area (Å²) in [4.78, 5) is 60.3. The molecule has 3 aromatic heterocycles. The van der Waals surface area contributed by atoms with Crippen LogP contribution in [0.4, 0.5) is 32.0 Å². The summed E-state index contributed by atoms with van der Waals surface area (Å²) in [6.07, 6.45) is 5.43. The van der Waals surface area contributed by atoms with E-state index in [4.69, 9.17) is 0 Å². The quantitative estimate of drug-likeness (QED) is 0.111. The number of aromatic nitrogens is 1. The van der Waals surface area contributed by atoms with Crippen molar-refractivity contribution in [1.82, 2.24) is 4.98 Å². The molecule has 5 aromatic carbocycles. The first-order chi connectivity index (χ1) is 30.4. The molecule has 12 rings (SSSR count). The Hall–Kier alpha value is -5.95. The van der Waals surface area contributed by atoms with Crippen LogP contribution in [0.1, 0.15) is 50.3 Å². The average molecular weight is 1060 g/mol. The molecule has 7 nitrogen and oxygen atoms in total. The molecule has 0 saturated heterocycles. The number of hydrogen-bond donors (Lipinski definition) is 0. The second-order valence-electron chi connectivity index (χ2n) is 14.5. The Balaban J connectivity index is 0.000000139. The van der Waals surface area contributed by atoms with E-state index in [1.54, 1.807) is 60.7 Å². The van der Waals surface area contributed by atoms with Gasteiger partial charge in [0.2, 0.25) is 0 Å². The third kappa shape index (κ3) is 6.76. The van der Waals surface area contributed by atoms with E-state index in [2.05, 4.69) is 112 Å². The van der Waals surface area contributed by atoms with Gasteiger partial charge in [0.25, 0.3) is 0 Å². The number of anilines is 6. The van der Waals surface area contributed by atoms with Crippen LogP contribution >= 0.6 is 0 Å². The fourth-order valence-corrected chi connectivity index (χ4v) is 16.4. The zero-order valence-corrected chi connectivity index (χ0v) is 39.2. The molecule has 0 fully saturated rings. The molecule has 4 aliphatic rings. The summed E-state index contributed by atoms with van der Waals surface area (Å²) in [7, 11) is 0. The summed E-state index contributed by atoms with van der Waals surface area (Å²) in [5.74, 6) is 0.300. The van der Waals surface area contributed by atoms with Crippen LogP contribution in [-0.4, -0.2) is 87.0 Å². The van der Waals surface area contributed by atoms with Gasteiger partial charge in [0.15, 0.2) is 0 Å². The van der Waals surface area contributed by atoms with Crippen molar-refractivity contribution in [1.29, 1.82) is 0 Å². The van der Waals surface area contributed by atoms with Crippen LogP contribution in [0.3, 0.4) is 0 Å². The number of ketones is 4. The van der Waals surface area contributed by atoms with Crippen LogP contribution in [0.5, 0.6) is 0 Å².